The van der Waals surface area contributed by atoms with Crippen molar-refractivity contribution in [3.8, 4) is 0 Å². The van der Waals surface area contributed by atoms with Crippen molar-refractivity contribution >= 4 is 31.4 Å². The Kier molecular flexibility index (Phi) is 4.16. The summed E-state index contributed by atoms with van der Waals surface area (Å²) in [7, 11) is -7.21. The second kappa shape index (κ2) is 5.45. The van der Waals surface area contributed by atoms with Gasteiger partial charge in [0.25, 0.3) is 0 Å². The summed E-state index contributed by atoms with van der Waals surface area (Å²) in [6, 6.07) is 3.18. The standard InChI is InChI=1S/C12H17FN2O4S2/c1-3-21(18,19)14-11-8-9(13)4-7-12(11)15(10-5-6-10)20(2,16)17/h4,7-8,10,14H,3,5-6H2,1-2H3. The first-order valence-electron chi connectivity index (χ1n) is 6.43. The van der Waals surface area contributed by atoms with E-state index in [0.29, 0.717) is 12.8 Å². The van der Waals surface area contributed by atoms with Gasteiger partial charge in [-0.05, 0) is 31.9 Å². The number of hydrogen-bond acceptors (Lipinski definition) is 4. The third-order valence-electron chi connectivity index (χ3n) is 3.08. The van der Waals surface area contributed by atoms with Gasteiger partial charge in [0, 0.05) is 12.1 Å². The van der Waals surface area contributed by atoms with Crippen molar-refractivity contribution in [2.45, 2.75) is 25.8 Å². The van der Waals surface area contributed by atoms with E-state index in [4.69, 9.17) is 0 Å². The lowest BCUT2D eigenvalue weighted by molar-refractivity contribution is 0.594. The second-order valence-corrected chi connectivity index (χ2v) is 8.83. The zero-order chi connectivity index (χ0) is 15.8. The molecule has 21 heavy (non-hydrogen) atoms. The van der Waals surface area contributed by atoms with Gasteiger partial charge >= 0.3 is 0 Å². The van der Waals surface area contributed by atoms with E-state index in [2.05, 4.69) is 4.72 Å². The van der Waals surface area contributed by atoms with Crippen LogP contribution in [0.15, 0.2) is 18.2 Å². The molecule has 0 aliphatic heterocycles. The minimum absolute atomic E-state index is 0.0609. The Hall–Kier alpha value is -1.35. The van der Waals surface area contributed by atoms with E-state index in [-0.39, 0.29) is 23.2 Å². The van der Waals surface area contributed by atoms with E-state index < -0.39 is 25.9 Å². The minimum Gasteiger partial charge on any atom is -0.281 e. The molecule has 0 radical (unpaired) electrons. The number of halogens is 1. The molecule has 0 aromatic heterocycles. The monoisotopic (exact) mass is 336 g/mol. The van der Waals surface area contributed by atoms with Crippen LogP contribution in [0, 0.1) is 5.82 Å². The Morgan fingerprint density at radius 3 is 2.38 bits per heavy atom. The molecule has 0 amide bonds. The topological polar surface area (TPSA) is 83.6 Å². The highest BCUT2D eigenvalue weighted by atomic mass is 32.2. The van der Waals surface area contributed by atoms with Crippen LogP contribution in [0.3, 0.4) is 0 Å². The van der Waals surface area contributed by atoms with Crippen LogP contribution in [-0.4, -0.2) is 34.9 Å². The van der Waals surface area contributed by atoms with E-state index in [0.717, 1.165) is 22.7 Å². The number of nitrogens with one attached hydrogen (secondary N) is 1. The molecular weight excluding hydrogens is 319 g/mol. The highest BCUT2D eigenvalue weighted by molar-refractivity contribution is 7.93. The first kappa shape index (κ1) is 16.0. The lowest BCUT2D eigenvalue weighted by Crippen LogP contribution is -2.33. The Morgan fingerprint density at radius 2 is 1.90 bits per heavy atom. The van der Waals surface area contributed by atoms with Crippen LogP contribution in [0.1, 0.15) is 19.8 Å². The number of sulfonamides is 2. The molecule has 1 aromatic carbocycles. The first-order chi connectivity index (χ1) is 9.64. The molecule has 1 aromatic rings. The summed E-state index contributed by atoms with van der Waals surface area (Å²) in [6.07, 6.45) is 2.45. The molecule has 9 heteroatoms. The van der Waals surface area contributed by atoms with Crippen LogP contribution >= 0.6 is 0 Å². The van der Waals surface area contributed by atoms with Gasteiger partial charge in [-0.1, -0.05) is 0 Å². The van der Waals surface area contributed by atoms with Crippen molar-refractivity contribution in [1.29, 1.82) is 0 Å². The SMILES string of the molecule is CCS(=O)(=O)Nc1cc(F)ccc1N(C1CC1)S(C)(=O)=O. The fourth-order valence-electron chi connectivity index (χ4n) is 1.98. The van der Waals surface area contributed by atoms with Gasteiger partial charge < -0.3 is 0 Å². The molecule has 0 atom stereocenters. The molecular formula is C12H17FN2O4S2. The van der Waals surface area contributed by atoms with Crippen LogP contribution in [0.2, 0.25) is 0 Å². The van der Waals surface area contributed by atoms with Crippen LogP contribution in [0.4, 0.5) is 15.8 Å². The van der Waals surface area contributed by atoms with Crippen LogP contribution < -0.4 is 9.03 Å². The summed E-state index contributed by atoms with van der Waals surface area (Å²) in [5, 5.41) is 0. The third kappa shape index (κ3) is 3.85. The smallest absolute Gasteiger partial charge is 0.232 e. The van der Waals surface area contributed by atoms with Crippen LogP contribution in [0.5, 0.6) is 0 Å². The highest BCUT2D eigenvalue weighted by Crippen LogP contribution is 2.38. The van der Waals surface area contributed by atoms with Crippen molar-refractivity contribution < 1.29 is 21.2 Å². The van der Waals surface area contributed by atoms with Crippen molar-refractivity contribution in [3.63, 3.8) is 0 Å². The Labute approximate surface area is 124 Å². The zero-order valence-corrected chi connectivity index (χ0v) is 13.3. The molecule has 0 unspecified atom stereocenters. The van der Waals surface area contributed by atoms with Gasteiger partial charge in [-0.2, -0.15) is 0 Å². The van der Waals surface area contributed by atoms with Gasteiger partial charge in [-0.25, -0.2) is 21.2 Å². The number of rotatable bonds is 6. The summed E-state index contributed by atoms with van der Waals surface area (Å²) in [6.45, 7) is 1.44. The predicted octanol–water partition coefficient (Wildman–Crippen LogP) is 1.52. The maximum Gasteiger partial charge on any atom is 0.232 e. The molecule has 118 valence electrons. The maximum absolute atomic E-state index is 13.4. The lowest BCUT2D eigenvalue weighted by Gasteiger charge is -2.25. The zero-order valence-electron chi connectivity index (χ0n) is 11.7. The molecule has 1 aliphatic carbocycles. The average molecular weight is 336 g/mol. The van der Waals surface area contributed by atoms with Crippen LogP contribution in [0.25, 0.3) is 0 Å². The van der Waals surface area contributed by atoms with E-state index >= 15 is 0 Å². The third-order valence-corrected chi connectivity index (χ3v) is 5.58. The number of benzene rings is 1. The van der Waals surface area contributed by atoms with E-state index in [1.807, 2.05) is 0 Å². The van der Waals surface area contributed by atoms with Gasteiger partial charge in [0.15, 0.2) is 0 Å². The van der Waals surface area contributed by atoms with Gasteiger partial charge in [0.05, 0.1) is 23.4 Å². The van der Waals surface area contributed by atoms with Crippen molar-refractivity contribution in [1.82, 2.24) is 0 Å². The molecule has 1 fully saturated rings. The normalized spacial score (nSPS) is 15.8. The minimum atomic E-state index is -3.63. The summed E-state index contributed by atoms with van der Waals surface area (Å²) >= 11 is 0. The number of hydrogen-bond donors (Lipinski definition) is 1. The predicted molar refractivity (Wildman–Crippen MR) is 79.8 cm³/mol. The summed E-state index contributed by atoms with van der Waals surface area (Å²) in [5.41, 5.74) is 0.0904. The molecule has 1 N–H and O–H groups in total. The molecule has 0 heterocycles. The van der Waals surface area contributed by atoms with Crippen LogP contribution in [-0.2, 0) is 20.0 Å². The summed E-state index contributed by atoms with van der Waals surface area (Å²) < 4.78 is 64.0. The molecule has 1 aliphatic rings. The second-order valence-electron chi connectivity index (χ2n) is 4.96. The highest BCUT2D eigenvalue weighted by Gasteiger charge is 2.36. The maximum atomic E-state index is 13.4. The van der Waals surface area contributed by atoms with Crippen molar-refractivity contribution in [3.05, 3.63) is 24.0 Å². The fourth-order valence-corrected chi connectivity index (χ4v) is 3.89. The van der Waals surface area contributed by atoms with Gasteiger partial charge in [0.1, 0.15) is 5.82 Å². The molecule has 1 saturated carbocycles. The number of anilines is 2. The number of nitrogens with zero attached hydrogens (tertiary/aromatic N) is 1. The Bertz CT molecular complexity index is 743. The van der Waals surface area contributed by atoms with Crippen molar-refractivity contribution in [2.24, 2.45) is 0 Å². The van der Waals surface area contributed by atoms with Crippen molar-refractivity contribution in [2.75, 3.05) is 21.0 Å². The van der Waals surface area contributed by atoms with Gasteiger partial charge in [-0.15, -0.1) is 0 Å². The lowest BCUT2D eigenvalue weighted by atomic mass is 10.2. The molecule has 0 saturated heterocycles. The van der Waals surface area contributed by atoms with Gasteiger partial charge in [0.2, 0.25) is 20.0 Å². The average Bonchev–Trinajstić information content (AvgIpc) is 3.15. The van der Waals surface area contributed by atoms with Gasteiger partial charge in [-0.3, -0.25) is 9.03 Å². The first-order valence-corrected chi connectivity index (χ1v) is 9.93. The fraction of sp³-hybridized carbons (Fsp3) is 0.500. The van der Waals surface area contributed by atoms with E-state index in [9.17, 15) is 21.2 Å². The Balaban J connectivity index is 2.52. The quantitative estimate of drug-likeness (QED) is 0.853. The van der Waals surface area contributed by atoms with E-state index in [1.165, 1.54) is 13.0 Å². The van der Waals surface area contributed by atoms with E-state index in [1.54, 1.807) is 0 Å². The summed E-state index contributed by atoms with van der Waals surface area (Å²) in [4.78, 5) is 0. The molecule has 0 spiro atoms. The molecule has 0 bridgehead atoms. The molecule has 6 nitrogen and oxygen atoms in total. The summed E-state index contributed by atoms with van der Waals surface area (Å²) in [5.74, 6) is -0.831. The molecule has 2 rings (SSSR count). The Morgan fingerprint density at radius 1 is 1.29 bits per heavy atom. The largest absolute Gasteiger partial charge is 0.281 e.